The molecule has 0 saturated heterocycles. The first kappa shape index (κ1) is 12.5. The van der Waals surface area contributed by atoms with Gasteiger partial charge in [-0.15, -0.1) is 0 Å². The predicted octanol–water partition coefficient (Wildman–Crippen LogP) is 2.40. The van der Waals surface area contributed by atoms with Gasteiger partial charge in [0, 0.05) is 30.0 Å². The molecular weight excluding hydrogens is 231 g/mol. The summed E-state index contributed by atoms with van der Waals surface area (Å²) < 4.78 is 13.2. The number of nitrogens with zero attached hydrogens (tertiary/aromatic N) is 1. The zero-order chi connectivity index (χ0) is 12.0. The van der Waals surface area contributed by atoms with E-state index in [1.807, 2.05) is 6.07 Å². The van der Waals surface area contributed by atoms with Gasteiger partial charge in [-0.1, -0.05) is 11.6 Å². The topological polar surface area (TPSA) is 52.9 Å². The van der Waals surface area contributed by atoms with Gasteiger partial charge in [0.15, 0.2) is 0 Å². The van der Waals surface area contributed by atoms with E-state index in [2.05, 4.69) is 5.32 Å². The van der Waals surface area contributed by atoms with E-state index in [1.165, 1.54) is 18.2 Å². The summed E-state index contributed by atoms with van der Waals surface area (Å²) >= 11 is 5.69. The number of benzene rings is 1. The maximum Gasteiger partial charge on any atom is 0.221 e. The minimum absolute atomic E-state index is 0.0800. The zero-order valence-corrected chi connectivity index (χ0v) is 9.22. The Kier molecular flexibility index (Phi) is 4.74. The van der Waals surface area contributed by atoms with E-state index < -0.39 is 5.82 Å². The summed E-state index contributed by atoms with van der Waals surface area (Å²) in [6, 6.07) is 6.01. The number of nitriles is 1. The summed E-state index contributed by atoms with van der Waals surface area (Å²) in [4.78, 5) is 11.2. The quantitative estimate of drug-likeness (QED) is 0.879. The van der Waals surface area contributed by atoms with Crippen LogP contribution in [-0.2, 0) is 11.3 Å². The van der Waals surface area contributed by atoms with Crippen molar-refractivity contribution in [3.05, 3.63) is 34.6 Å². The first-order chi connectivity index (χ1) is 7.63. The van der Waals surface area contributed by atoms with Gasteiger partial charge in [0.05, 0.1) is 6.07 Å². The molecule has 16 heavy (non-hydrogen) atoms. The third-order valence-corrected chi connectivity index (χ3v) is 2.18. The Bertz CT molecular complexity index is 428. The summed E-state index contributed by atoms with van der Waals surface area (Å²) in [5.74, 6) is -0.689. The molecule has 0 aromatic heterocycles. The predicted molar refractivity (Wildman–Crippen MR) is 58.1 cm³/mol. The van der Waals surface area contributed by atoms with E-state index >= 15 is 0 Å². The van der Waals surface area contributed by atoms with E-state index in [4.69, 9.17) is 16.9 Å². The third-order valence-electron chi connectivity index (χ3n) is 1.95. The van der Waals surface area contributed by atoms with Gasteiger partial charge in [-0.2, -0.15) is 5.26 Å². The highest BCUT2D eigenvalue weighted by atomic mass is 35.5. The molecule has 0 spiro atoms. The molecule has 1 aromatic rings. The zero-order valence-electron chi connectivity index (χ0n) is 8.46. The molecule has 0 radical (unpaired) electrons. The fraction of sp³-hybridized carbons (Fsp3) is 0.273. The molecule has 0 fully saturated rings. The molecule has 0 atom stereocenters. The van der Waals surface area contributed by atoms with Crippen molar-refractivity contribution in [2.75, 3.05) is 0 Å². The smallest absolute Gasteiger partial charge is 0.221 e. The lowest BCUT2D eigenvalue weighted by molar-refractivity contribution is -0.121. The van der Waals surface area contributed by atoms with Crippen molar-refractivity contribution in [3.8, 4) is 6.07 Å². The van der Waals surface area contributed by atoms with Gasteiger partial charge in [0.2, 0.25) is 5.91 Å². The summed E-state index contributed by atoms with van der Waals surface area (Å²) in [5, 5.41) is 11.2. The summed E-state index contributed by atoms with van der Waals surface area (Å²) in [5.41, 5.74) is 0.331. The second kappa shape index (κ2) is 6.09. The van der Waals surface area contributed by atoms with Crippen LogP contribution in [0.4, 0.5) is 4.39 Å². The second-order valence-corrected chi connectivity index (χ2v) is 3.61. The van der Waals surface area contributed by atoms with Gasteiger partial charge in [-0.3, -0.25) is 4.79 Å². The Hall–Kier alpha value is -1.60. The Morgan fingerprint density at radius 1 is 1.56 bits per heavy atom. The summed E-state index contributed by atoms with van der Waals surface area (Å²) in [6.07, 6.45) is 0.280. The third kappa shape index (κ3) is 3.87. The molecule has 1 N–H and O–H groups in total. The number of hydrogen-bond donors (Lipinski definition) is 1. The average molecular weight is 241 g/mol. The lowest BCUT2D eigenvalue weighted by Crippen LogP contribution is -2.22. The summed E-state index contributed by atoms with van der Waals surface area (Å²) in [6.45, 7) is 0.0800. The molecule has 0 bridgehead atoms. The maximum absolute atomic E-state index is 13.2. The van der Waals surface area contributed by atoms with Crippen LogP contribution in [0.25, 0.3) is 0 Å². The highest BCUT2D eigenvalue weighted by Crippen LogP contribution is 2.14. The lowest BCUT2D eigenvalue weighted by Gasteiger charge is -2.05. The molecule has 0 aliphatic heterocycles. The average Bonchev–Trinajstić information content (AvgIpc) is 2.27. The van der Waals surface area contributed by atoms with Crippen LogP contribution >= 0.6 is 11.6 Å². The van der Waals surface area contributed by atoms with E-state index in [0.717, 1.165) is 0 Å². The SMILES string of the molecule is N#CCCC(=O)NCc1cc(Cl)ccc1F. The Labute approximate surface area is 97.8 Å². The van der Waals surface area contributed by atoms with E-state index in [9.17, 15) is 9.18 Å². The van der Waals surface area contributed by atoms with Crippen LogP contribution in [0.1, 0.15) is 18.4 Å². The number of nitrogens with one attached hydrogen (secondary N) is 1. The number of carbonyl (C=O) groups is 1. The van der Waals surface area contributed by atoms with Gasteiger partial charge >= 0.3 is 0 Å². The van der Waals surface area contributed by atoms with Gasteiger partial charge in [0.1, 0.15) is 5.82 Å². The highest BCUT2D eigenvalue weighted by Gasteiger charge is 2.05. The van der Waals surface area contributed by atoms with E-state index in [1.54, 1.807) is 0 Å². The molecule has 0 aliphatic rings. The van der Waals surface area contributed by atoms with Crippen molar-refractivity contribution in [3.63, 3.8) is 0 Å². The van der Waals surface area contributed by atoms with Crippen molar-refractivity contribution in [2.24, 2.45) is 0 Å². The monoisotopic (exact) mass is 240 g/mol. The van der Waals surface area contributed by atoms with Gasteiger partial charge in [-0.25, -0.2) is 4.39 Å². The van der Waals surface area contributed by atoms with E-state index in [-0.39, 0.29) is 25.3 Å². The van der Waals surface area contributed by atoms with Crippen molar-refractivity contribution >= 4 is 17.5 Å². The van der Waals surface area contributed by atoms with Gasteiger partial charge in [-0.05, 0) is 18.2 Å². The molecule has 1 aromatic carbocycles. The number of carbonyl (C=O) groups excluding carboxylic acids is 1. The molecule has 0 heterocycles. The number of hydrogen-bond acceptors (Lipinski definition) is 2. The Morgan fingerprint density at radius 2 is 2.31 bits per heavy atom. The first-order valence-electron chi connectivity index (χ1n) is 4.71. The van der Waals surface area contributed by atoms with Crippen LogP contribution in [0.5, 0.6) is 0 Å². The molecular formula is C11H10ClFN2O. The van der Waals surface area contributed by atoms with Crippen LogP contribution in [0.15, 0.2) is 18.2 Å². The number of amides is 1. The molecule has 0 saturated carbocycles. The molecule has 84 valence electrons. The molecule has 0 aliphatic carbocycles. The fourth-order valence-electron chi connectivity index (χ4n) is 1.13. The lowest BCUT2D eigenvalue weighted by atomic mass is 10.2. The fourth-order valence-corrected chi connectivity index (χ4v) is 1.33. The Balaban J connectivity index is 2.51. The van der Waals surface area contributed by atoms with Gasteiger partial charge < -0.3 is 5.32 Å². The number of halogens is 2. The second-order valence-electron chi connectivity index (χ2n) is 3.17. The van der Waals surface area contributed by atoms with Crippen molar-refractivity contribution < 1.29 is 9.18 Å². The molecule has 0 unspecified atom stereocenters. The van der Waals surface area contributed by atoms with E-state index in [0.29, 0.717) is 10.6 Å². The molecule has 1 amide bonds. The molecule has 3 nitrogen and oxygen atoms in total. The van der Waals surface area contributed by atoms with Crippen LogP contribution in [0, 0.1) is 17.1 Å². The van der Waals surface area contributed by atoms with Crippen molar-refractivity contribution in [1.82, 2.24) is 5.32 Å². The largest absolute Gasteiger partial charge is 0.352 e. The van der Waals surface area contributed by atoms with Crippen LogP contribution in [-0.4, -0.2) is 5.91 Å². The van der Waals surface area contributed by atoms with Crippen LogP contribution in [0.2, 0.25) is 5.02 Å². The minimum atomic E-state index is -0.412. The van der Waals surface area contributed by atoms with Crippen LogP contribution in [0.3, 0.4) is 0 Å². The van der Waals surface area contributed by atoms with Crippen LogP contribution < -0.4 is 5.32 Å². The first-order valence-corrected chi connectivity index (χ1v) is 5.09. The summed E-state index contributed by atoms with van der Waals surface area (Å²) in [7, 11) is 0. The van der Waals surface area contributed by atoms with Gasteiger partial charge in [0.25, 0.3) is 0 Å². The maximum atomic E-state index is 13.2. The normalized spacial score (nSPS) is 9.56. The Morgan fingerprint density at radius 3 is 3.00 bits per heavy atom. The standard InChI is InChI=1S/C11H10ClFN2O/c12-9-3-4-10(13)8(6-9)7-15-11(16)2-1-5-14/h3-4,6H,1-2,7H2,(H,15,16). The van der Waals surface area contributed by atoms with Crippen molar-refractivity contribution in [1.29, 1.82) is 5.26 Å². The highest BCUT2D eigenvalue weighted by molar-refractivity contribution is 6.30. The molecule has 5 heteroatoms. The number of rotatable bonds is 4. The molecule has 1 rings (SSSR count). The van der Waals surface area contributed by atoms with Crippen molar-refractivity contribution in [2.45, 2.75) is 19.4 Å². The minimum Gasteiger partial charge on any atom is -0.352 e.